The summed E-state index contributed by atoms with van der Waals surface area (Å²) in [6, 6.07) is 13.6. The Hall–Kier alpha value is -2.71. The number of amides is 3. The van der Waals surface area contributed by atoms with E-state index in [-0.39, 0.29) is 23.6 Å². The van der Waals surface area contributed by atoms with Gasteiger partial charge < -0.3 is 21.3 Å². The van der Waals surface area contributed by atoms with E-state index < -0.39 is 6.04 Å². The van der Waals surface area contributed by atoms with Crippen LogP contribution < -0.4 is 21.3 Å². The van der Waals surface area contributed by atoms with Gasteiger partial charge in [0.2, 0.25) is 11.8 Å². The van der Waals surface area contributed by atoms with Crippen molar-refractivity contribution in [2.24, 2.45) is 11.7 Å². The van der Waals surface area contributed by atoms with Crippen LogP contribution in [0.25, 0.3) is 0 Å². The molecule has 0 saturated carbocycles. The zero-order valence-electron chi connectivity index (χ0n) is 18.6. The van der Waals surface area contributed by atoms with Crippen LogP contribution in [0.3, 0.4) is 0 Å². The molecule has 1 fully saturated rings. The molecule has 3 amide bonds. The zero-order chi connectivity index (χ0) is 23.8. The molecule has 176 valence electrons. The van der Waals surface area contributed by atoms with Crippen molar-refractivity contribution < 1.29 is 14.4 Å². The van der Waals surface area contributed by atoms with Crippen LogP contribution in [-0.4, -0.2) is 48.9 Å². The third-order valence-corrected chi connectivity index (χ3v) is 6.72. The first-order chi connectivity index (χ1) is 15.9. The predicted molar refractivity (Wildman–Crippen MR) is 135 cm³/mol. The molecule has 0 aromatic heterocycles. The lowest BCUT2D eigenvalue weighted by atomic mass is 9.96. The van der Waals surface area contributed by atoms with Crippen LogP contribution >= 0.6 is 23.4 Å². The van der Waals surface area contributed by atoms with Gasteiger partial charge in [0, 0.05) is 30.4 Å². The Morgan fingerprint density at radius 1 is 1.12 bits per heavy atom. The Balaban J connectivity index is 1.61. The Morgan fingerprint density at radius 3 is 2.39 bits per heavy atom. The first-order valence-electron chi connectivity index (χ1n) is 10.9. The molecule has 1 aliphatic heterocycles. The van der Waals surface area contributed by atoms with Gasteiger partial charge in [-0.05, 0) is 67.7 Å². The molecule has 4 N–H and O–H groups in total. The standard InChI is InChI=1S/C24H29ClN4O3S/c1-33-15-12-21(28-23(31)19-4-2-3-5-20(19)25)24(32)27-17-6-8-18(9-7-17)29-13-10-16(11-14-29)22(26)30/h2-9,16,21H,10-15H2,1H3,(H2,26,30)(H,27,32)(H,28,31). The number of benzene rings is 2. The highest BCUT2D eigenvalue weighted by Crippen LogP contribution is 2.24. The number of nitrogens with one attached hydrogen (secondary N) is 2. The fourth-order valence-corrected chi connectivity index (χ4v) is 4.49. The highest BCUT2D eigenvalue weighted by atomic mass is 35.5. The van der Waals surface area contributed by atoms with Crippen LogP contribution in [0, 0.1) is 5.92 Å². The average molecular weight is 489 g/mol. The summed E-state index contributed by atoms with van der Waals surface area (Å²) in [6.07, 6.45) is 3.94. The summed E-state index contributed by atoms with van der Waals surface area (Å²) in [7, 11) is 0. The van der Waals surface area contributed by atoms with Crippen molar-refractivity contribution >= 4 is 52.5 Å². The lowest BCUT2D eigenvalue weighted by molar-refractivity contribution is -0.122. The second-order valence-corrected chi connectivity index (χ2v) is 9.38. The monoisotopic (exact) mass is 488 g/mol. The molecule has 2 aromatic carbocycles. The van der Waals surface area contributed by atoms with E-state index in [0.717, 1.165) is 37.4 Å². The summed E-state index contributed by atoms with van der Waals surface area (Å²) in [5.41, 5.74) is 7.43. The van der Waals surface area contributed by atoms with Crippen molar-refractivity contribution in [1.29, 1.82) is 0 Å². The Labute approximate surface area is 203 Å². The smallest absolute Gasteiger partial charge is 0.253 e. The SMILES string of the molecule is CSCCC(NC(=O)c1ccccc1Cl)C(=O)Nc1ccc(N2CCC(C(N)=O)CC2)cc1. The first-order valence-corrected chi connectivity index (χ1v) is 12.7. The molecule has 3 rings (SSSR count). The maximum Gasteiger partial charge on any atom is 0.253 e. The minimum Gasteiger partial charge on any atom is -0.371 e. The van der Waals surface area contributed by atoms with Crippen LogP contribution in [0.4, 0.5) is 11.4 Å². The largest absolute Gasteiger partial charge is 0.371 e. The van der Waals surface area contributed by atoms with Gasteiger partial charge in [0.25, 0.3) is 5.91 Å². The van der Waals surface area contributed by atoms with Gasteiger partial charge in [-0.15, -0.1) is 0 Å². The molecule has 0 spiro atoms. The van der Waals surface area contributed by atoms with E-state index in [1.165, 1.54) is 0 Å². The molecule has 2 aromatic rings. The summed E-state index contributed by atoms with van der Waals surface area (Å²) in [4.78, 5) is 39.2. The van der Waals surface area contributed by atoms with E-state index in [4.69, 9.17) is 17.3 Å². The van der Waals surface area contributed by atoms with E-state index in [2.05, 4.69) is 15.5 Å². The number of hydrogen-bond donors (Lipinski definition) is 3. The van der Waals surface area contributed by atoms with E-state index in [0.29, 0.717) is 22.7 Å². The number of rotatable bonds is 9. The maximum atomic E-state index is 12.9. The van der Waals surface area contributed by atoms with Crippen molar-refractivity contribution in [3.05, 3.63) is 59.1 Å². The first kappa shape index (κ1) is 24.9. The summed E-state index contributed by atoms with van der Waals surface area (Å²) in [5.74, 6) is -0.221. The number of hydrogen-bond acceptors (Lipinski definition) is 5. The molecule has 7 nitrogen and oxygen atoms in total. The molecule has 0 bridgehead atoms. The van der Waals surface area contributed by atoms with Gasteiger partial charge in [0.05, 0.1) is 10.6 Å². The molecule has 1 aliphatic rings. The lowest BCUT2D eigenvalue weighted by Gasteiger charge is -2.32. The summed E-state index contributed by atoms with van der Waals surface area (Å²) in [5, 5.41) is 6.05. The van der Waals surface area contributed by atoms with Crippen LogP contribution in [-0.2, 0) is 9.59 Å². The second kappa shape index (κ2) is 12.0. The molecule has 1 heterocycles. The number of primary amides is 1. The quantitative estimate of drug-likeness (QED) is 0.501. The predicted octanol–water partition coefficient (Wildman–Crippen LogP) is 3.53. The third-order valence-electron chi connectivity index (χ3n) is 5.75. The number of carbonyl (C=O) groups excluding carboxylic acids is 3. The van der Waals surface area contributed by atoms with Crippen molar-refractivity contribution in [3.8, 4) is 0 Å². The lowest BCUT2D eigenvalue weighted by Crippen LogP contribution is -2.44. The number of carbonyl (C=O) groups is 3. The summed E-state index contributed by atoms with van der Waals surface area (Å²) in [6.45, 7) is 1.54. The minimum absolute atomic E-state index is 0.0565. The average Bonchev–Trinajstić information content (AvgIpc) is 2.82. The topological polar surface area (TPSA) is 105 Å². The molecule has 9 heteroatoms. The van der Waals surface area contributed by atoms with Crippen LogP contribution in [0.1, 0.15) is 29.6 Å². The van der Waals surface area contributed by atoms with Gasteiger partial charge in [-0.1, -0.05) is 23.7 Å². The molecular weight excluding hydrogens is 460 g/mol. The molecule has 1 unspecified atom stereocenters. The molecule has 0 radical (unpaired) electrons. The summed E-state index contributed by atoms with van der Waals surface area (Å²) >= 11 is 7.73. The normalized spacial score (nSPS) is 15.0. The molecule has 1 saturated heterocycles. The Kier molecular flexibility index (Phi) is 9.03. The number of halogens is 1. The van der Waals surface area contributed by atoms with Crippen LogP contribution in [0.2, 0.25) is 5.02 Å². The number of nitrogens with zero attached hydrogens (tertiary/aromatic N) is 1. The number of anilines is 2. The van der Waals surface area contributed by atoms with Gasteiger partial charge >= 0.3 is 0 Å². The van der Waals surface area contributed by atoms with Gasteiger partial charge in [0.15, 0.2) is 0 Å². The maximum absolute atomic E-state index is 12.9. The fraction of sp³-hybridized carbons (Fsp3) is 0.375. The van der Waals surface area contributed by atoms with Crippen molar-refractivity contribution in [2.75, 3.05) is 35.3 Å². The Bertz CT molecular complexity index is 978. The molecular formula is C24H29ClN4O3S. The zero-order valence-corrected chi connectivity index (χ0v) is 20.1. The van der Waals surface area contributed by atoms with E-state index in [1.807, 2.05) is 30.5 Å². The Morgan fingerprint density at radius 2 is 1.79 bits per heavy atom. The minimum atomic E-state index is -0.686. The molecule has 33 heavy (non-hydrogen) atoms. The number of nitrogens with two attached hydrogens (primary N) is 1. The third kappa shape index (κ3) is 6.88. The van der Waals surface area contributed by atoms with Gasteiger partial charge in [-0.2, -0.15) is 11.8 Å². The van der Waals surface area contributed by atoms with Crippen LogP contribution in [0.5, 0.6) is 0 Å². The fourth-order valence-electron chi connectivity index (χ4n) is 3.79. The van der Waals surface area contributed by atoms with Crippen LogP contribution in [0.15, 0.2) is 48.5 Å². The van der Waals surface area contributed by atoms with Gasteiger partial charge in [-0.3, -0.25) is 14.4 Å². The molecule has 0 aliphatic carbocycles. The van der Waals surface area contributed by atoms with Crippen molar-refractivity contribution in [1.82, 2.24) is 5.32 Å². The second-order valence-electron chi connectivity index (χ2n) is 7.99. The highest BCUT2D eigenvalue weighted by Gasteiger charge is 2.24. The summed E-state index contributed by atoms with van der Waals surface area (Å²) < 4.78 is 0. The van der Waals surface area contributed by atoms with E-state index in [1.54, 1.807) is 36.0 Å². The highest BCUT2D eigenvalue weighted by molar-refractivity contribution is 7.98. The van der Waals surface area contributed by atoms with E-state index >= 15 is 0 Å². The van der Waals surface area contributed by atoms with Gasteiger partial charge in [-0.25, -0.2) is 0 Å². The van der Waals surface area contributed by atoms with Gasteiger partial charge in [0.1, 0.15) is 6.04 Å². The number of thioether (sulfide) groups is 1. The van der Waals surface area contributed by atoms with Crippen molar-refractivity contribution in [2.45, 2.75) is 25.3 Å². The van der Waals surface area contributed by atoms with E-state index in [9.17, 15) is 14.4 Å². The molecule has 1 atom stereocenters. The number of piperidine rings is 1. The van der Waals surface area contributed by atoms with Crippen molar-refractivity contribution in [3.63, 3.8) is 0 Å².